The normalized spacial score (nSPS) is 13.6. The van der Waals surface area contributed by atoms with Gasteiger partial charge in [-0.2, -0.15) is 0 Å². The minimum absolute atomic E-state index is 0.834. The van der Waals surface area contributed by atoms with Gasteiger partial charge in [-0.15, -0.1) is 0 Å². The van der Waals surface area contributed by atoms with Crippen molar-refractivity contribution in [1.29, 1.82) is 0 Å². The highest BCUT2D eigenvalue weighted by Gasteiger charge is 2.16. The molecule has 0 radical (unpaired) electrons. The Morgan fingerprint density at radius 2 is 2.25 bits per heavy atom. The average molecular weight is 284 g/mol. The molecule has 0 aliphatic carbocycles. The van der Waals surface area contributed by atoms with E-state index in [1.165, 1.54) is 22.0 Å². The Bertz CT molecular complexity index is 365. The van der Waals surface area contributed by atoms with Crippen LogP contribution < -0.4 is 10.1 Å². The van der Waals surface area contributed by atoms with E-state index in [0.29, 0.717) is 0 Å². The summed E-state index contributed by atoms with van der Waals surface area (Å²) >= 11 is 3.56. The maximum absolute atomic E-state index is 5.69. The van der Waals surface area contributed by atoms with Gasteiger partial charge in [0.25, 0.3) is 0 Å². The summed E-state index contributed by atoms with van der Waals surface area (Å²) in [7, 11) is 0. The first kappa shape index (κ1) is 11.9. The van der Waals surface area contributed by atoms with E-state index in [0.717, 1.165) is 38.3 Å². The Hall–Kier alpha value is -0.540. The van der Waals surface area contributed by atoms with E-state index in [1.807, 2.05) is 0 Å². The lowest BCUT2D eigenvalue weighted by atomic mass is 10.1. The van der Waals surface area contributed by atoms with Gasteiger partial charge in [0, 0.05) is 10.9 Å². The zero-order chi connectivity index (χ0) is 11.4. The molecule has 0 unspecified atom stereocenters. The Kier molecular flexibility index (Phi) is 4.24. The fourth-order valence-corrected chi connectivity index (χ4v) is 2.61. The molecule has 0 spiro atoms. The highest BCUT2D eigenvalue weighted by Crippen LogP contribution is 2.33. The molecular weight excluding hydrogens is 266 g/mol. The molecule has 0 atom stereocenters. The molecular formula is C13H18BrNO. The zero-order valence-corrected chi connectivity index (χ0v) is 11.3. The smallest absolute Gasteiger partial charge is 0.125 e. The second-order valence-electron chi connectivity index (χ2n) is 4.15. The lowest BCUT2D eigenvalue weighted by molar-refractivity contribution is 0.353. The van der Waals surface area contributed by atoms with Crippen molar-refractivity contribution in [2.45, 2.75) is 26.2 Å². The van der Waals surface area contributed by atoms with Crippen molar-refractivity contribution in [3.63, 3.8) is 0 Å². The van der Waals surface area contributed by atoms with Crippen LogP contribution in [0.5, 0.6) is 5.75 Å². The maximum Gasteiger partial charge on any atom is 0.125 e. The van der Waals surface area contributed by atoms with Gasteiger partial charge in [0.2, 0.25) is 0 Å². The second kappa shape index (κ2) is 5.69. The molecule has 1 aliphatic heterocycles. The summed E-state index contributed by atoms with van der Waals surface area (Å²) in [5.41, 5.74) is 2.67. The lowest BCUT2D eigenvalue weighted by Crippen LogP contribution is -2.18. The standard InChI is InChI=1S/C13H18BrNO/c1-2-5-15-6-3-10-8-12(14)9-11-4-7-16-13(10)11/h8-9,15H,2-7H2,1H3. The molecule has 0 bridgehead atoms. The van der Waals surface area contributed by atoms with Crippen LogP contribution in [0.2, 0.25) is 0 Å². The number of nitrogens with one attached hydrogen (secondary N) is 1. The highest BCUT2D eigenvalue weighted by molar-refractivity contribution is 9.10. The van der Waals surface area contributed by atoms with E-state index in [2.05, 4.69) is 40.3 Å². The Balaban J connectivity index is 2.03. The molecule has 0 amide bonds. The summed E-state index contributed by atoms with van der Waals surface area (Å²) in [5, 5.41) is 3.42. The van der Waals surface area contributed by atoms with Crippen LogP contribution >= 0.6 is 15.9 Å². The number of hydrogen-bond donors (Lipinski definition) is 1. The summed E-state index contributed by atoms with van der Waals surface area (Å²) in [6.07, 6.45) is 3.28. The van der Waals surface area contributed by atoms with Gasteiger partial charge < -0.3 is 10.1 Å². The largest absolute Gasteiger partial charge is 0.493 e. The lowest BCUT2D eigenvalue weighted by Gasteiger charge is -2.09. The minimum atomic E-state index is 0.834. The number of benzene rings is 1. The first-order valence-corrected chi connectivity index (χ1v) is 6.75. The third-order valence-electron chi connectivity index (χ3n) is 2.82. The van der Waals surface area contributed by atoms with Crippen LogP contribution in [0.1, 0.15) is 24.5 Å². The Morgan fingerprint density at radius 3 is 3.06 bits per heavy atom. The Morgan fingerprint density at radius 1 is 1.38 bits per heavy atom. The van der Waals surface area contributed by atoms with Gasteiger partial charge in [0.15, 0.2) is 0 Å². The number of rotatable bonds is 5. The zero-order valence-electron chi connectivity index (χ0n) is 9.68. The molecule has 0 saturated carbocycles. The molecule has 0 saturated heterocycles. The van der Waals surface area contributed by atoms with E-state index >= 15 is 0 Å². The molecule has 1 N–H and O–H groups in total. The number of fused-ring (bicyclic) bond motifs is 1. The molecule has 0 fully saturated rings. The monoisotopic (exact) mass is 283 g/mol. The number of halogens is 1. The quantitative estimate of drug-likeness (QED) is 0.839. The van der Waals surface area contributed by atoms with Crippen molar-refractivity contribution >= 4 is 15.9 Å². The van der Waals surface area contributed by atoms with Gasteiger partial charge in [-0.05, 0) is 49.2 Å². The molecule has 1 aromatic carbocycles. The van der Waals surface area contributed by atoms with Gasteiger partial charge in [-0.25, -0.2) is 0 Å². The second-order valence-corrected chi connectivity index (χ2v) is 5.07. The average Bonchev–Trinajstić information content (AvgIpc) is 2.72. The first-order valence-electron chi connectivity index (χ1n) is 5.96. The van der Waals surface area contributed by atoms with Crippen LogP contribution in [0.3, 0.4) is 0 Å². The van der Waals surface area contributed by atoms with Gasteiger partial charge in [0.1, 0.15) is 5.75 Å². The van der Waals surface area contributed by atoms with Crippen molar-refractivity contribution in [1.82, 2.24) is 5.32 Å². The molecule has 0 aromatic heterocycles. The minimum Gasteiger partial charge on any atom is -0.493 e. The van der Waals surface area contributed by atoms with E-state index < -0.39 is 0 Å². The topological polar surface area (TPSA) is 21.3 Å². The van der Waals surface area contributed by atoms with E-state index in [1.54, 1.807) is 0 Å². The molecule has 3 heteroatoms. The van der Waals surface area contributed by atoms with Crippen LogP contribution in [0, 0.1) is 0 Å². The molecule has 1 heterocycles. The first-order chi connectivity index (χ1) is 7.81. The fraction of sp³-hybridized carbons (Fsp3) is 0.538. The van der Waals surface area contributed by atoms with Gasteiger partial charge >= 0.3 is 0 Å². The maximum atomic E-state index is 5.69. The van der Waals surface area contributed by atoms with Gasteiger partial charge in [-0.1, -0.05) is 22.9 Å². The van der Waals surface area contributed by atoms with Crippen LogP contribution in [0.15, 0.2) is 16.6 Å². The highest BCUT2D eigenvalue weighted by atomic mass is 79.9. The summed E-state index contributed by atoms with van der Waals surface area (Å²) in [6, 6.07) is 4.35. The predicted molar refractivity (Wildman–Crippen MR) is 70.2 cm³/mol. The third-order valence-corrected chi connectivity index (χ3v) is 3.28. The predicted octanol–water partition coefficient (Wildman–Crippen LogP) is 2.93. The van der Waals surface area contributed by atoms with E-state index in [-0.39, 0.29) is 0 Å². The number of hydrogen-bond acceptors (Lipinski definition) is 2. The van der Waals surface area contributed by atoms with Gasteiger partial charge in [0.05, 0.1) is 6.61 Å². The Labute approximate surface area is 106 Å². The van der Waals surface area contributed by atoms with Gasteiger partial charge in [-0.3, -0.25) is 0 Å². The van der Waals surface area contributed by atoms with Crippen molar-refractivity contribution in [3.05, 3.63) is 27.7 Å². The third kappa shape index (κ3) is 2.77. The van der Waals surface area contributed by atoms with E-state index in [4.69, 9.17) is 4.74 Å². The summed E-state index contributed by atoms with van der Waals surface area (Å²) in [6.45, 7) is 5.14. The fourth-order valence-electron chi connectivity index (χ4n) is 2.06. The van der Waals surface area contributed by atoms with Crippen LogP contribution in [-0.4, -0.2) is 19.7 Å². The van der Waals surface area contributed by atoms with Crippen LogP contribution in [0.25, 0.3) is 0 Å². The molecule has 16 heavy (non-hydrogen) atoms. The SMILES string of the molecule is CCCNCCc1cc(Br)cc2c1OCC2. The van der Waals surface area contributed by atoms with Crippen molar-refractivity contribution < 1.29 is 4.74 Å². The summed E-state index contributed by atoms with van der Waals surface area (Å²) in [4.78, 5) is 0. The molecule has 2 nitrogen and oxygen atoms in total. The van der Waals surface area contributed by atoms with E-state index in [9.17, 15) is 0 Å². The molecule has 2 rings (SSSR count). The van der Waals surface area contributed by atoms with Crippen LogP contribution in [0.4, 0.5) is 0 Å². The number of ether oxygens (including phenoxy) is 1. The van der Waals surface area contributed by atoms with Crippen molar-refractivity contribution in [3.8, 4) is 5.75 Å². The molecule has 1 aromatic rings. The summed E-state index contributed by atoms with van der Waals surface area (Å²) < 4.78 is 6.86. The van der Waals surface area contributed by atoms with Crippen LogP contribution in [-0.2, 0) is 12.8 Å². The molecule has 1 aliphatic rings. The van der Waals surface area contributed by atoms with Crippen molar-refractivity contribution in [2.24, 2.45) is 0 Å². The van der Waals surface area contributed by atoms with Crippen molar-refractivity contribution in [2.75, 3.05) is 19.7 Å². The molecule has 88 valence electrons. The summed E-state index contributed by atoms with van der Waals surface area (Å²) in [5.74, 6) is 1.13.